The first-order chi connectivity index (χ1) is 15.7. The topological polar surface area (TPSA) is 72.8 Å². The molecule has 2 aromatic heterocycles. The van der Waals surface area contributed by atoms with Gasteiger partial charge in [-0.15, -0.1) is 10.2 Å². The molecule has 0 aliphatic carbocycles. The quantitative estimate of drug-likeness (QED) is 0.271. The van der Waals surface area contributed by atoms with Gasteiger partial charge in [0, 0.05) is 33.9 Å². The fraction of sp³-hybridized carbons (Fsp3) is 0.0800. The molecule has 158 valence electrons. The fourth-order valence-electron chi connectivity index (χ4n) is 3.60. The zero-order valence-corrected chi connectivity index (χ0v) is 18.2. The molecular weight excluding hydrogens is 420 g/mol. The summed E-state index contributed by atoms with van der Waals surface area (Å²) in [5.74, 6) is 1.80. The summed E-state index contributed by atoms with van der Waals surface area (Å²) in [4.78, 5) is 16.0. The van der Waals surface area contributed by atoms with Crippen molar-refractivity contribution in [1.29, 1.82) is 0 Å². The molecular formula is C25H20N4O2S. The van der Waals surface area contributed by atoms with Gasteiger partial charge < -0.3 is 9.72 Å². The van der Waals surface area contributed by atoms with Crippen molar-refractivity contribution in [2.24, 2.45) is 0 Å². The maximum Gasteiger partial charge on any atom is 0.196 e. The summed E-state index contributed by atoms with van der Waals surface area (Å²) in [6.45, 7) is 0. The van der Waals surface area contributed by atoms with Crippen LogP contribution in [0.1, 0.15) is 10.4 Å². The number of aromatic amines is 1. The number of carbonyl (C=O) groups excluding carboxylic acids is 1. The Bertz CT molecular complexity index is 1370. The van der Waals surface area contributed by atoms with Gasteiger partial charge in [-0.3, -0.25) is 9.36 Å². The number of Topliss-reactive ketones (excluding diaryl/α,β-unsaturated/α-hetero) is 1. The van der Waals surface area contributed by atoms with Crippen LogP contribution in [-0.4, -0.2) is 38.4 Å². The molecule has 5 rings (SSSR count). The van der Waals surface area contributed by atoms with Gasteiger partial charge in [-0.25, -0.2) is 0 Å². The summed E-state index contributed by atoms with van der Waals surface area (Å²) < 4.78 is 7.29. The molecule has 0 atom stereocenters. The molecule has 0 spiro atoms. The molecule has 32 heavy (non-hydrogen) atoms. The lowest BCUT2D eigenvalue weighted by Gasteiger charge is -2.11. The van der Waals surface area contributed by atoms with Crippen molar-refractivity contribution in [2.45, 2.75) is 5.16 Å². The van der Waals surface area contributed by atoms with Crippen molar-refractivity contribution >= 4 is 28.4 Å². The van der Waals surface area contributed by atoms with Crippen LogP contribution in [0, 0.1) is 0 Å². The summed E-state index contributed by atoms with van der Waals surface area (Å²) in [5.41, 5.74) is 3.56. The predicted octanol–water partition coefficient (Wildman–Crippen LogP) is 5.40. The average Bonchev–Trinajstić information content (AvgIpc) is 3.47. The molecule has 0 saturated heterocycles. The number of fused-ring (bicyclic) bond motifs is 1. The van der Waals surface area contributed by atoms with Gasteiger partial charge in [-0.2, -0.15) is 0 Å². The van der Waals surface area contributed by atoms with Crippen LogP contribution in [0.4, 0.5) is 0 Å². The van der Waals surface area contributed by atoms with Crippen molar-refractivity contribution in [2.75, 3.05) is 12.9 Å². The van der Waals surface area contributed by atoms with Crippen molar-refractivity contribution in [3.05, 3.63) is 90.6 Å². The number of aromatic nitrogens is 4. The number of carbonyl (C=O) groups is 1. The van der Waals surface area contributed by atoms with Crippen LogP contribution < -0.4 is 4.74 Å². The first kappa shape index (κ1) is 20.1. The molecule has 0 aliphatic rings. The monoisotopic (exact) mass is 440 g/mol. The van der Waals surface area contributed by atoms with Gasteiger partial charge in [0.15, 0.2) is 16.8 Å². The minimum atomic E-state index is 0.0496. The van der Waals surface area contributed by atoms with E-state index in [2.05, 4.69) is 21.2 Å². The van der Waals surface area contributed by atoms with E-state index in [9.17, 15) is 4.79 Å². The molecule has 0 radical (unpaired) electrons. The Labute approximate surface area is 189 Å². The second-order valence-electron chi connectivity index (χ2n) is 7.17. The smallest absolute Gasteiger partial charge is 0.196 e. The van der Waals surface area contributed by atoms with Crippen LogP contribution in [0.25, 0.3) is 28.0 Å². The number of thioether (sulfide) groups is 1. The molecule has 0 aliphatic heterocycles. The molecule has 0 bridgehead atoms. The van der Waals surface area contributed by atoms with Crippen LogP contribution in [0.5, 0.6) is 5.75 Å². The largest absolute Gasteiger partial charge is 0.497 e. The Balaban J connectivity index is 1.55. The number of hydrogen-bond donors (Lipinski definition) is 1. The maximum absolute atomic E-state index is 12.7. The number of ether oxygens (including phenoxy) is 1. The van der Waals surface area contributed by atoms with E-state index in [0.29, 0.717) is 16.5 Å². The van der Waals surface area contributed by atoms with E-state index in [4.69, 9.17) is 4.74 Å². The standard InChI is InChI=1S/C25H20N4O2S/c1-31-19-13-11-18(12-14-19)29-24(21-15-26-22-10-6-5-9-20(21)22)27-28-25(29)32-16-23(30)17-7-3-2-4-8-17/h2-15,26H,16H2,1H3. The lowest BCUT2D eigenvalue weighted by molar-refractivity contribution is 0.102. The summed E-state index contributed by atoms with van der Waals surface area (Å²) in [6, 6.07) is 25.1. The molecule has 0 unspecified atom stereocenters. The lowest BCUT2D eigenvalue weighted by atomic mass is 10.1. The van der Waals surface area contributed by atoms with E-state index in [1.807, 2.05) is 83.6 Å². The Morgan fingerprint density at radius 3 is 2.50 bits per heavy atom. The molecule has 1 N–H and O–H groups in total. The number of para-hydroxylation sites is 1. The first-order valence-electron chi connectivity index (χ1n) is 10.1. The van der Waals surface area contributed by atoms with E-state index in [1.54, 1.807) is 7.11 Å². The predicted molar refractivity (Wildman–Crippen MR) is 127 cm³/mol. The average molecular weight is 441 g/mol. The van der Waals surface area contributed by atoms with Crippen LogP contribution >= 0.6 is 11.8 Å². The number of hydrogen-bond acceptors (Lipinski definition) is 5. The molecule has 0 fully saturated rings. The third-order valence-corrected chi connectivity index (χ3v) is 6.15. The Hall–Kier alpha value is -3.84. The number of H-pyrrole nitrogens is 1. The second-order valence-corrected chi connectivity index (χ2v) is 8.11. The highest BCUT2D eigenvalue weighted by Gasteiger charge is 2.20. The van der Waals surface area contributed by atoms with Crippen LogP contribution in [0.15, 0.2) is 90.2 Å². The van der Waals surface area contributed by atoms with Gasteiger partial charge in [-0.1, -0.05) is 60.3 Å². The molecule has 0 amide bonds. The number of methoxy groups -OCH3 is 1. The van der Waals surface area contributed by atoms with E-state index >= 15 is 0 Å². The van der Waals surface area contributed by atoms with Gasteiger partial charge in [0.25, 0.3) is 0 Å². The van der Waals surface area contributed by atoms with E-state index in [-0.39, 0.29) is 11.5 Å². The van der Waals surface area contributed by atoms with Crippen molar-refractivity contribution < 1.29 is 9.53 Å². The Kier molecular flexibility index (Phi) is 5.47. The highest BCUT2D eigenvalue weighted by Crippen LogP contribution is 2.33. The van der Waals surface area contributed by atoms with Gasteiger partial charge in [0.2, 0.25) is 0 Å². The number of nitrogens with one attached hydrogen (secondary N) is 1. The maximum atomic E-state index is 12.7. The zero-order chi connectivity index (χ0) is 21.9. The molecule has 2 heterocycles. The van der Waals surface area contributed by atoms with E-state index in [1.165, 1.54) is 11.8 Å². The van der Waals surface area contributed by atoms with Crippen molar-refractivity contribution in [1.82, 2.24) is 19.7 Å². The van der Waals surface area contributed by atoms with Gasteiger partial charge in [0.05, 0.1) is 12.9 Å². The van der Waals surface area contributed by atoms with Crippen LogP contribution in [0.2, 0.25) is 0 Å². The van der Waals surface area contributed by atoms with Crippen molar-refractivity contribution in [3.63, 3.8) is 0 Å². The summed E-state index contributed by atoms with van der Waals surface area (Å²) in [7, 11) is 1.64. The van der Waals surface area contributed by atoms with Crippen LogP contribution in [-0.2, 0) is 0 Å². The van der Waals surface area contributed by atoms with Crippen molar-refractivity contribution in [3.8, 4) is 22.8 Å². The summed E-state index contributed by atoms with van der Waals surface area (Å²) in [6.07, 6.45) is 1.94. The Morgan fingerprint density at radius 1 is 0.969 bits per heavy atom. The normalized spacial score (nSPS) is 11.0. The molecule has 7 heteroatoms. The number of ketones is 1. The van der Waals surface area contributed by atoms with Gasteiger partial charge >= 0.3 is 0 Å². The highest BCUT2D eigenvalue weighted by molar-refractivity contribution is 7.99. The molecule has 6 nitrogen and oxygen atoms in total. The highest BCUT2D eigenvalue weighted by atomic mass is 32.2. The van der Waals surface area contributed by atoms with Gasteiger partial charge in [0.1, 0.15) is 5.75 Å². The second kappa shape index (κ2) is 8.72. The lowest BCUT2D eigenvalue weighted by Crippen LogP contribution is -2.05. The zero-order valence-electron chi connectivity index (χ0n) is 17.4. The Morgan fingerprint density at radius 2 is 1.72 bits per heavy atom. The first-order valence-corrected chi connectivity index (χ1v) is 11.1. The fourth-order valence-corrected chi connectivity index (χ4v) is 4.44. The molecule has 3 aromatic carbocycles. The number of nitrogens with zero attached hydrogens (tertiary/aromatic N) is 3. The minimum absolute atomic E-state index is 0.0496. The minimum Gasteiger partial charge on any atom is -0.497 e. The summed E-state index contributed by atoms with van der Waals surface area (Å²) >= 11 is 1.38. The van der Waals surface area contributed by atoms with E-state index in [0.717, 1.165) is 27.9 Å². The third-order valence-electron chi connectivity index (χ3n) is 5.22. The van der Waals surface area contributed by atoms with E-state index < -0.39 is 0 Å². The van der Waals surface area contributed by atoms with Crippen LogP contribution in [0.3, 0.4) is 0 Å². The number of benzene rings is 3. The number of rotatable bonds is 7. The summed E-state index contributed by atoms with van der Waals surface area (Å²) in [5, 5.41) is 10.7. The SMILES string of the molecule is COc1ccc(-n2c(SCC(=O)c3ccccc3)nnc2-c2c[nH]c3ccccc23)cc1. The van der Waals surface area contributed by atoms with Gasteiger partial charge in [-0.05, 0) is 30.3 Å². The third kappa shape index (κ3) is 3.78. The molecule has 5 aromatic rings. The molecule has 0 saturated carbocycles.